The summed E-state index contributed by atoms with van der Waals surface area (Å²) in [6.45, 7) is 15.5. The van der Waals surface area contributed by atoms with Crippen LogP contribution < -0.4 is 0 Å². The Hall–Kier alpha value is -2.55. The molecule has 4 rings (SSSR count). The normalized spacial score (nSPS) is 13.0. The van der Waals surface area contributed by atoms with Gasteiger partial charge in [0.05, 0.1) is 0 Å². The number of H-pyrrole nitrogens is 1. The van der Waals surface area contributed by atoms with Crippen LogP contribution in [-0.2, 0) is 10.8 Å². The van der Waals surface area contributed by atoms with Crippen LogP contribution in [0.3, 0.4) is 0 Å². The van der Waals surface area contributed by atoms with Crippen molar-refractivity contribution in [1.29, 1.82) is 0 Å². The van der Waals surface area contributed by atoms with Crippen LogP contribution in [0.5, 0.6) is 0 Å². The molecule has 27 heavy (non-hydrogen) atoms. The number of aromatic amines is 1. The lowest BCUT2D eigenvalue weighted by Crippen LogP contribution is -2.16. The Morgan fingerprint density at radius 1 is 0.926 bits per heavy atom. The van der Waals surface area contributed by atoms with Crippen LogP contribution >= 0.6 is 0 Å². The van der Waals surface area contributed by atoms with Gasteiger partial charge in [-0.2, -0.15) is 0 Å². The molecule has 0 amide bonds. The molecule has 0 unspecified atom stereocenters. The molecule has 0 fully saturated rings. The molecule has 4 aromatic rings. The average molecular weight is 361 g/mol. The van der Waals surface area contributed by atoms with Crippen molar-refractivity contribution in [3.05, 3.63) is 53.1 Å². The Morgan fingerprint density at radius 3 is 2.26 bits per heavy atom. The highest BCUT2D eigenvalue weighted by molar-refractivity contribution is 5.90. The van der Waals surface area contributed by atoms with Crippen LogP contribution in [0.4, 0.5) is 0 Å². The zero-order valence-corrected chi connectivity index (χ0v) is 17.3. The minimum atomic E-state index is -0.0220. The first kappa shape index (κ1) is 17.8. The summed E-state index contributed by atoms with van der Waals surface area (Å²) in [4.78, 5) is 8.38. The van der Waals surface area contributed by atoms with Crippen molar-refractivity contribution >= 4 is 22.0 Å². The molecule has 2 heterocycles. The minimum absolute atomic E-state index is 0.0220. The molecule has 3 nitrogen and oxygen atoms in total. The first-order chi connectivity index (χ1) is 12.6. The van der Waals surface area contributed by atoms with Crippen molar-refractivity contribution < 1.29 is 4.42 Å². The summed E-state index contributed by atoms with van der Waals surface area (Å²) in [5.41, 5.74) is 7.60. The number of para-hydroxylation sites is 1. The molecule has 0 aliphatic carbocycles. The Balaban J connectivity index is 2.00. The number of oxazole rings is 1. The fourth-order valence-electron chi connectivity index (χ4n) is 3.63. The highest BCUT2D eigenvalue weighted by atomic mass is 16.3. The van der Waals surface area contributed by atoms with Crippen molar-refractivity contribution in [3.63, 3.8) is 0 Å². The SMILES string of the molecule is Cc1c(-c2nc3cc(C(C)(C)C)cc(C(C)(C)C)c3o2)[nH]c2ccccc12. The van der Waals surface area contributed by atoms with Crippen molar-refractivity contribution in [1.82, 2.24) is 9.97 Å². The van der Waals surface area contributed by atoms with Gasteiger partial charge in [0.1, 0.15) is 11.2 Å². The third-order valence-corrected chi connectivity index (χ3v) is 5.34. The van der Waals surface area contributed by atoms with Gasteiger partial charge in [-0.3, -0.25) is 0 Å². The maximum Gasteiger partial charge on any atom is 0.244 e. The van der Waals surface area contributed by atoms with E-state index >= 15 is 0 Å². The van der Waals surface area contributed by atoms with Crippen molar-refractivity contribution in [2.24, 2.45) is 0 Å². The van der Waals surface area contributed by atoms with Gasteiger partial charge in [0.2, 0.25) is 5.89 Å². The predicted molar refractivity (Wildman–Crippen MR) is 113 cm³/mol. The number of hydrogen-bond acceptors (Lipinski definition) is 2. The summed E-state index contributed by atoms with van der Waals surface area (Å²) in [6, 6.07) is 12.8. The second-order valence-corrected chi connectivity index (χ2v) is 9.56. The van der Waals surface area contributed by atoms with Crippen LogP contribution in [0.1, 0.15) is 58.2 Å². The van der Waals surface area contributed by atoms with Gasteiger partial charge in [-0.1, -0.05) is 65.8 Å². The van der Waals surface area contributed by atoms with Gasteiger partial charge in [0.15, 0.2) is 5.58 Å². The molecule has 0 aliphatic heterocycles. The van der Waals surface area contributed by atoms with Crippen LogP contribution in [0.25, 0.3) is 33.6 Å². The lowest BCUT2D eigenvalue weighted by molar-refractivity contribution is 0.551. The molecule has 0 atom stereocenters. The van der Waals surface area contributed by atoms with Crippen molar-refractivity contribution in [3.8, 4) is 11.6 Å². The van der Waals surface area contributed by atoms with E-state index in [0.29, 0.717) is 5.89 Å². The Kier molecular flexibility index (Phi) is 3.78. The largest absolute Gasteiger partial charge is 0.434 e. The van der Waals surface area contributed by atoms with Crippen LogP contribution in [0.15, 0.2) is 40.8 Å². The van der Waals surface area contributed by atoms with Gasteiger partial charge >= 0.3 is 0 Å². The topological polar surface area (TPSA) is 41.8 Å². The van der Waals surface area contributed by atoms with Gasteiger partial charge in [-0.05, 0) is 41.0 Å². The number of nitrogens with one attached hydrogen (secondary N) is 1. The van der Waals surface area contributed by atoms with Gasteiger partial charge in [-0.15, -0.1) is 0 Å². The zero-order valence-electron chi connectivity index (χ0n) is 17.3. The molecule has 0 radical (unpaired) electrons. The first-order valence-electron chi connectivity index (χ1n) is 9.59. The Bertz CT molecular complexity index is 1150. The first-order valence-corrected chi connectivity index (χ1v) is 9.59. The Morgan fingerprint density at radius 2 is 1.63 bits per heavy atom. The smallest absolute Gasteiger partial charge is 0.244 e. The van der Waals surface area contributed by atoms with E-state index in [1.807, 2.05) is 6.07 Å². The molecule has 0 aliphatic rings. The third-order valence-electron chi connectivity index (χ3n) is 5.34. The second kappa shape index (κ2) is 5.72. The Labute approximate surface area is 160 Å². The highest BCUT2D eigenvalue weighted by Crippen LogP contribution is 2.38. The zero-order chi connectivity index (χ0) is 19.6. The summed E-state index contributed by atoms with van der Waals surface area (Å²) >= 11 is 0. The van der Waals surface area contributed by atoms with E-state index in [2.05, 4.69) is 83.8 Å². The lowest BCUT2D eigenvalue weighted by Gasteiger charge is -2.24. The van der Waals surface area contributed by atoms with Crippen LogP contribution in [0.2, 0.25) is 0 Å². The molecule has 3 heteroatoms. The quantitative estimate of drug-likeness (QED) is 0.402. The number of benzene rings is 2. The number of aromatic nitrogens is 2. The van der Waals surface area contributed by atoms with E-state index in [-0.39, 0.29) is 10.8 Å². The monoisotopic (exact) mass is 360 g/mol. The average Bonchev–Trinajstić information content (AvgIpc) is 3.13. The fraction of sp³-hybridized carbons (Fsp3) is 0.375. The van der Waals surface area contributed by atoms with Crippen molar-refractivity contribution in [2.45, 2.75) is 59.3 Å². The number of fused-ring (bicyclic) bond motifs is 2. The summed E-state index contributed by atoms with van der Waals surface area (Å²) in [7, 11) is 0. The van der Waals surface area contributed by atoms with E-state index < -0.39 is 0 Å². The van der Waals surface area contributed by atoms with E-state index in [4.69, 9.17) is 9.40 Å². The molecule has 0 spiro atoms. The van der Waals surface area contributed by atoms with E-state index in [1.165, 1.54) is 22.1 Å². The summed E-state index contributed by atoms with van der Waals surface area (Å²) in [5, 5.41) is 1.21. The molecule has 0 saturated heterocycles. The maximum absolute atomic E-state index is 6.35. The van der Waals surface area contributed by atoms with Gasteiger partial charge in [-0.25, -0.2) is 4.98 Å². The molecular weight excluding hydrogens is 332 g/mol. The standard InChI is InChI=1S/C24H28N2O/c1-14-16-10-8-9-11-18(16)25-20(14)22-26-19-13-15(23(2,3)4)12-17(21(19)27-22)24(5,6)7/h8-13,25H,1-7H3. The highest BCUT2D eigenvalue weighted by Gasteiger charge is 2.26. The number of aryl methyl sites for hydroxylation is 1. The van der Waals surface area contributed by atoms with E-state index in [1.54, 1.807) is 0 Å². The molecule has 0 bridgehead atoms. The van der Waals surface area contributed by atoms with Crippen LogP contribution in [0, 0.1) is 6.92 Å². The third kappa shape index (κ3) is 2.95. The van der Waals surface area contributed by atoms with Crippen molar-refractivity contribution in [2.75, 3.05) is 0 Å². The second-order valence-electron chi connectivity index (χ2n) is 9.56. The fourth-order valence-corrected chi connectivity index (χ4v) is 3.63. The predicted octanol–water partition coefficient (Wildman–Crippen LogP) is 6.88. The molecule has 140 valence electrons. The maximum atomic E-state index is 6.35. The van der Waals surface area contributed by atoms with E-state index in [0.717, 1.165) is 22.3 Å². The number of hydrogen-bond donors (Lipinski definition) is 1. The summed E-state index contributed by atoms with van der Waals surface area (Å²) in [6.07, 6.45) is 0. The molecular formula is C24H28N2O. The van der Waals surface area contributed by atoms with Crippen LogP contribution in [-0.4, -0.2) is 9.97 Å². The molecule has 1 N–H and O–H groups in total. The molecule has 2 aromatic carbocycles. The summed E-state index contributed by atoms with van der Waals surface area (Å²) in [5.74, 6) is 0.662. The van der Waals surface area contributed by atoms with Gasteiger partial charge in [0.25, 0.3) is 0 Å². The number of nitrogens with zero attached hydrogens (tertiary/aromatic N) is 1. The minimum Gasteiger partial charge on any atom is -0.434 e. The molecule has 2 aromatic heterocycles. The summed E-state index contributed by atoms with van der Waals surface area (Å²) < 4.78 is 6.35. The van der Waals surface area contributed by atoms with E-state index in [9.17, 15) is 0 Å². The van der Waals surface area contributed by atoms with Gasteiger partial charge in [0, 0.05) is 16.5 Å². The molecule has 0 saturated carbocycles. The number of rotatable bonds is 1. The lowest BCUT2D eigenvalue weighted by atomic mass is 9.80. The van der Waals surface area contributed by atoms with Gasteiger partial charge < -0.3 is 9.40 Å².